The minimum atomic E-state index is -0.620. The molecule has 27 heavy (non-hydrogen) atoms. The maximum atomic E-state index is 13.3. The molecule has 0 saturated carbocycles. The van der Waals surface area contributed by atoms with Crippen LogP contribution in [0.3, 0.4) is 0 Å². The first-order chi connectivity index (χ1) is 12.9. The molecule has 3 aliphatic rings. The maximum Gasteiger partial charge on any atom is 0.244 e. The van der Waals surface area contributed by atoms with Gasteiger partial charge in [-0.3, -0.25) is 14.4 Å². The first kappa shape index (κ1) is 20.5. The lowest BCUT2D eigenvalue weighted by Gasteiger charge is -2.34. The molecule has 3 rings (SSSR count). The summed E-state index contributed by atoms with van der Waals surface area (Å²) in [6.45, 7) is 4.68. The highest BCUT2D eigenvalue weighted by Gasteiger charge is 2.76. The number of carbonyl (C=O) groups excluding carboxylic acids is 3. The predicted octanol–water partition coefficient (Wildman–Crippen LogP) is 0.512. The Kier molecular flexibility index (Phi) is 5.77. The Labute approximate surface area is 165 Å². The van der Waals surface area contributed by atoms with Crippen molar-refractivity contribution >= 4 is 29.5 Å². The van der Waals surface area contributed by atoms with Crippen molar-refractivity contribution in [3.63, 3.8) is 0 Å². The normalized spacial score (nSPS) is 36.8. The molecule has 8 heteroatoms. The van der Waals surface area contributed by atoms with Crippen molar-refractivity contribution in [3.8, 4) is 0 Å². The topological polar surface area (TPSA) is 98.7 Å². The molecule has 0 aromatic carbocycles. The molecule has 3 N–H and O–H groups in total. The number of carbonyl (C=O) groups is 3. The predicted molar refractivity (Wildman–Crippen MR) is 104 cm³/mol. The Morgan fingerprint density at radius 1 is 1.30 bits per heavy atom. The Hall–Kier alpha value is -1.28. The van der Waals surface area contributed by atoms with Crippen molar-refractivity contribution in [2.24, 2.45) is 11.8 Å². The second-order valence-electron chi connectivity index (χ2n) is 8.10. The average molecular weight is 398 g/mol. The molecular formula is C19H31N3O4S. The number of nitrogens with zero attached hydrogens (tertiary/aromatic N) is 1. The number of rotatable bonds is 8. The minimum Gasteiger partial charge on any atom is -0.395 e. The molecule has 1 spiro atoms. The highest BCUT2D eigenvalue weighted by molar-refractivity contribution is 8.02. The van der Waals surface area contributed by atoms with Crippen LogP contribution in [0.5, 0.6) is 0 Å². The van der Waals surface area contributed by atoms with E-state index in [9.17, 15) is 19.5 Å². The second kappa shape index (κ2) is 7.62. The fourth-order valence-electron chi connectivity index (χ4n) is 5.31. The Bertz CT molecular complexity index is 630. The lowest BCUT2D eigenvalue weighted by Crippen LogP contribution is -2.54. The number of β-amino-alcohol motifs (C(OH)–C–C–N with tert-alkyl or cyclic N) is 1. The van der Waals surface area contributed by atoms with E-state index in [1.54, 1.807) is 18.8 Å². The summed E-state index contributed by atoms with van der Waals surface area (Å²) in [7, 11) is 1.60. The van der Waals surface area contributed by atoms with Gasteiger partial charge in [-0.1, -0.05) is 19.8 Å². The molecule has 2 unspecified atom stereocenters. The molecule has 0 aliphatic carbocycles. The highest BCUT2D eigenvalue weighted by atomic mass is 32.2. The molecule has 0 aromatic rings. The SMILES string of the molecule is CCCCCNC(=O)C1N(CCO)C(=O)[C@@H]2[C@@H](C(=O)NC)[C@@]3(C)CCC12S3. The van der Waals surface area contributed by atoms with Crippen LogP contribution in [-0.2, 0) is 14.4 Å². The van der Waals surface area contributed by atoms with Crippen LogP contribution in [0.15, 0.2) is 0 Å². The van der Waals surface area contributed by atoms with Crippen LogP contribution in [0, 0.1) is 11.8 Å². The Balaban J connectivity index is 1.91. The average Bonchev–Trinajstić information content (AvgIpc) is 3.20. The number of hydrogen-bond acceptors (Lipinski definition) is 5. The number of fused-ring (bicyclic) bond motifs is 1. The molecule has 0 aromatic heterocycles. The second-order valence-corrected chi connectivity index (χ2v) is 9.99. The molecule has 3 fully saturated rings. The standard InChI is InChI=1S/C19H31N3O4S/c1-4-5-6-9-21-16(25)14-19-8-7-18(2,27-19)12(15(24)20-3)13(19)17(26)22(14)10-11-23/h12-14,23H,4-11H2,1-3H3,(H,20,24)(H,21,25)/t12-,13-,14?,18+,19?/m0/s1. The number of aliphatic hydroxyl groups is 1. The van der Waals surface area contributed by atoms with E-state index in [4.69, 9.17) is 0 Å². The summed E-state index contributed by atoms with van der Waals surface area (Å²) in [5.41, 5.74) is 0. The van der Waals surface area contributed by atoms with Crippen LogP contribution >= 0.6 is 11.8 Å². The Morgan fingerprint density at radius 2 is 2.04 bits per heavy atom. The van der Waals surface area contributed by atoms with Crippen molar-refractivity contribution in [2.45, 2.75) is 61.5 Å². The van der Waals surface area contributed by atoms with Crippen LogP contribution in [0.2, 0.25) is 0 Å². The van der Waals surface area contributed by atoms with Gasteiger partial charge in [-0.05, 0) is 26.2 Å². The fraction of sp³-hybridized carbons (Fsp3) is 0.842. The number of thioether (sulfide) groups is 1. The van der Waals surface area contributed by atoms with Gasteiger partial charge in [0.2, 0.25) is 17.7 Å². The van der Waals surface area contributed by atoms with Crippen LogP contribution in [-0.4, -0.2) is 70.0 Å². The third-order valence-corrected chi connectivity index (χ3v) is 8.46. The molecule has 3 saturated heterocycles. The number of unbranched alkanes of at least 4 members (excludes halogenated alkanes) is 2. The van der Waals surface area contributed by atoms with E-state index in [0.29, 0.717) is 6.54 Å². The largest absolute Gasteiger partial charge is 0.395 e. The molecule has 3 heterocycles. The Morgan fingerprint density at radius 3 is 2.67 bits per heavy atom. The van der Waals surface area contributed by atoms with Gasteiger partial charge in [-0.25, -0.2) is 0 Å². The van der Waals surface area contributed by atoms with Gasteiger partial charge in [0.15, 0.2) is 0 Å². The molecule has 3 aliphatic heterocycles. The minimum absolute atomic E-state index is 0.127. The van der Waals surface area contributed by atoms with Crippen molar-refractivity contribution in [2.75, 3.05) is 26.7 Å². The van der Waals surface area contributed by atoms with Gasteiger partial charge in [0.25, 0.3) is 0 Å². The maximum absolute atomic E-state index is 13.3. The smallest absolute Gasteiger partial charge is 0.244 e. The zero-order chi connectivity index (χ0) is 19.8. The van der Waals surface area contributed by atoms with Crippen molar-refractivity contribution < 1.29 is 19.5 Å². The van der Waals surface area contributed by atoms with Crippen LogP contribution in [0.25, 0.3) is 0 Å². The van der Waals surface area contributed by atoms with E-state index < -0.39 is 22.6 Å². The lowest BCUT2D eigenvalue weighted by atomic mass is 9.66. The number of aliphatic hydroxyl groups excluding tert-OH is 1. The highest BCUT2D eigenvalue weighted by Crippen LogP contribution is 2.71. The molecule has 3 amide bonds. The zero-order valence-electron chi connectivity index (χ0n) is 16.4. The van der Waals surface area contributed by atoms with Crippen LogP contribution < -0.4 is 10.6 Å². The number of amides is 3. The first-order valence-electron chi connectivity index (χ1n) is 9.97. The molecule has 5 atom stereocenters. The molecule has 0 radical (unpaired) electrons. The van der Waals surface area contributed by atoms with Gasteiger partial charge in [-0.15, -0.1) is 11.8 Å². The summed E-state index contributed by atoms with van der Waals surface area (Å²) in [6, 6.07) is -0.620. The molecule has 2 bridgehead atoms. The van der Waals surface area contributed by atoms with Gasteiger partial charge >= 0.3 is 0 Å². The monoisotopic (exact) mass is 397 g/mol. The van der Waals surface area contributed by atoms with E-state index >= 15 is 0 Å². The summed E-state index contributed by atoms with van der Waals surface area (Å²) >= 11 is 1.65. The van der Waals surface area contributed by atoms with E-state index in [-0.39, 0.29) is 35.6 Å². The van der Waals surface area contributed by atoms with Crippen LogP contribution in [0.4, 0.5) is 0 Å². The van der Waals surface area contributed by atoms with Gasteiger partial charge < -0.3 is 20.6 Å². The van der Waals surface area contributed by atoms with Gasteiger partial charge in [-0.2, -0.15) is 0 Å². The summed E-state index contributed by atoms with van der Waals surface area (Å²) < 4.78 is -0.903. The molecule has 7 nitrogen and oxygen atoms in total. The first-order valence-corrected chi connectivity index (χ1v) is 10.8. The third kappa shape index (κ3) is 3.05. The van der Waals surface area contributed by atoms with E-state index in [1.165, 1.54) is 4.90 Å². The van der Waals surface area contributed by atoms with Crippen molar-refractivity contribution in [1.82, 2.24) is 15.5 Å². The van der Waals surface area contributed by atoms with E-state index in [0.717, 1.165) is 32.1 Å². The number of hydrogen-bond donors (Lipinski definition) is 3. The molecule has 152 valence electrons. The zero-order valence-corrected chi connectivity index (χ0v) is 17.2. The van der Waals surface area contributed by atoms with Gasteiger partial charge in [0, 0.05) is 24.9 Å². The van der Waals surface area contributed by atoms with Crippen molar-refractivity contribution in [1.29, 1.82) is 0 Å². The lowest BCUT2D eigenvalue weighted by molar-refractivity contribution is -0.140. The van der Waals surface area contributed by atoms with Crippen molar-refractivity contribution in [3.05, 3.63) is 0 Å². The summed E-state index contributed by atoms with van der Waals surface area (Å²) in [4.78, 5) is 40.5. The summed E-state index contributed by atoms with van der Waals surface area (Å²) in [6.07, 6.45) is 4.58. The molecular weight excluding hydrogens is 366 g/mol. The van der Waals surface area contributed by atoms with E-state index in [1.807, 2.05) is 6.92 Å². The van der Waals surface area contributed by atoms with Crippen LogP contribution in [0.1, 0.15) is 46.0 Å². The fourth-order valence-corrected chi connectivity index (χ4v) is 7.67. The van der Waals surface area contributed by atoms with Gasteiger partial charge in [0.05, 0.1) is 23.2 Å². The third-order valence-electron chi connectivity index (χ3n) is 6.47. The number of nitrogens with one attached hydrogen (secondary N) is 2. The quantitative estimate of drug-likeness (QED) is 0.519. The number of likely N-dealkylation sites (tertiary alicyclic amines) is 1. The van der Waals surface area contributed by atoms with E-state index in [2.05, 4.69) is 17.6 Å². The van der Waals surface area contributed by atoms with Gasteiger partial charge in [0.1, 0.15) is 6.04 Å². The summed E-state index contributed by atoms with van der Waals surface area (Å²) in [5, 5.41) is 15.2. The summed E-state index contributed by atoms with van der Waals surface area (Å²) in [5.74, 6) is -1.38.